The van der Waals surface area contributed by atoms with Gasteiger partial charge in [0.25, 0.3) is 11.6 Å². The van der Waals surface area contributed by atoms with Gasteiger partial charge >= 0.3 is 0 Å². The van der Waals surface area contributed by atoms with Crippen LogP contribution in [0.4, 0.5) is 5.69 Å². The van der Waals surface area contributed by atoms with Gasteiger partial charge in [-0.3, -0.25) is 14.9 Å². The van der Waals surface area contributed by atoms with Crippen LogP contribution in [0, 0.1) is 16.0 Å². The number of hydrogen-bond acceptors (Lipinski definition) is 4. The molecule has 0 bridgehead atoms. The first-order valence-electron chi connectivity index (χ1n) is 6.90. The molecule has 2 atom stereocenters. The van der Waals surface area contributed by atoms with Gasteiger partial charge in [0.15, 0.2) is 0 Å². The van der Waals surface area contributed by atoms with E-state index in [1.165, 1.54) is 18.2 Å². The number of nitrogens with two attached hydrogens (primary N) is 1. The molecule has 1 aliphatic rings. The molecule has 1 fully saturated rings. The van der Waals surface area contributed by atoms with E-state index in [4.69, 9.17) is 17.3 Å². The maximum Gasteiger partial charge on any atom is 0.270 e. The van der Waals surface area contributed by atoms with Crippen molar-refractivity contribution in [2.75, 3.05) is 13.1 Å². The van der Waals surface area contributed by atoms with Gasteiger partial charge in [0.1, 0.15) is 0 Å². The molecular formula is C14H18ClN3O3. The molecule has 1 amide bonds. The maximum atomic E-state index is 12.7. The van der Waals surface area contributed by atoms with Gasteiger partial charge in [0, 0.05) is 31.3 Å². The second kappa shape index (κ2) is 6.41. The van der Waals surface area contributed by atoms with E-state index in [-0.39, 0.29) is 28.2 Å². The summed E-state index contributed by atoms with van der Waals surface area (Å²) in [5.74, 6) is 0.0240. The summed E-state index contributed by atoms with van der Waals surface area (Å²) in [6, 6.07) is 3.86. The predicted molar refractivity (Wildman–Crippen MR) is 80.4 cm³/mol. The van der Waals surface area contributed by atoms with Gasteiger partial charge in [0.05, 0.1) is 15.5 Å². The number of carbonyl (C=O) groups is 1. The van der Waals surface area contributed by atoms with Crippen molar-refractivity contribution in [2.24, 2.45) is 11.7 Å². The van der Waals surface area contributed by atoms with Gasteiger partial charge < -0.3 is 10.6 Å². The summed E-state index contributed by atoms with van der Waals surface area (Å²) in [5, 5.41) is 11.1. The Labute approximate surface area is 128 Å². The summed E-state index contributed by atoms with van der Waals surface area (Å²) in [4.78, 5) is 24.7. The summed E-state index contributed by atoms with van der Waals surface area (Å²) in [5.41, 5.74) is 5.80. The Morgan fingerprint density at radius 1 is 1.57 bits per heavy atom. The molecule has 21 heavy (non-hydrogen) atoms. The lowest BCUT2D eigenvalue weighted by atomic mass is 9.90. The summed E-state index contributed by atoms with van der Waals surface area (Å²) >= 11 is 6.04. The first kappa shape index (κ1) is 15.7. The molecule has 1 aromatic carbocycles. The predicted octanol–water partition coefficient (Wildman–Crippen LogP) is 2.45. The minimum atomic E-state index is -0.535. The third-order valence-corrected chi connectivity index (χ3v) is 4.34. The Morgan fingerprint density at radius 2 is 2.29 bits per heavy atom. The number of benzene rings is 1. The number of nitro benzene ring substituents is 1. The zero-order chi connectivity index (χ0) is 15.6. The third kappa shape index (κ3) is 3.16. The molecule has 0 radical (unpaired) electrons. The fraction of sp³-hybridized carbons (Fsp3) is 0.500. The number of amides is 1. The van der Waals surface area contributed by atoms with Crippen LogP contribution in [0.5, 0.6) is 0 Å². The average molecular weight is 312 g/mol. The summed E-state index contributed by atoms with van der Waals surface area (Å²) in [6.45, 7) is 3.04. The molecule has 7 heteroatoms. The minimum Gasteiger partial charge on any atom is -0.334 e. The first-order valence-corrected chi connectivity index (χ1v) is 7.28. The first-order chi connectivity index (χ1) is 9.95. The number of hydrogen-bond donors (Lipinski definition) is 1. The molecule has 0 aromatic heterocycles. The van der Waals surface area contributed by atoms with Gasteiger partial charge in [0.2, 0.25) is 0 Å². The van der Waals surface area contributed by atoms with E-state index < -0.39 is 4.92 Å². The Morgan fingerprint density at radius 3 is 2.90 bits per heavy atom. The molecule has 2 rings (SSSR count). The highest BCUT2D eigenvalue weighted by atomic mass is 35.5. The fourth-order valence-corrected chi connectivity index (χ4v) is 3.00. The Balaban J connectivity index is 2.34. The van der Waals surface area contributed by atoms with Crippen molar-refractivity contribution < 1.29 is 9.72 Å². The number of halogens is 1. The van der Waals surface area contributed by atoms with Crippen LogP contribution in [0.1, 0.15) is 30.1 Å². The second-order valence-corrected chi connectivity index (χ2v) is 5.75. The standard InChI is InChI=1S/C14H18ClN3O3/c1-9-3-2-6-17(13(9)8-16)14(19)11-7-10(18(20)21)4-5-12(11)15/h4-5,7,9,13H,2-3,6,8,16H2,1H3. The van der Waals surface area contributed by atoms with E-state index in [1.54, 1.807) is 4.90 Å². The van der Waals surface area contributed by atoms with Crippen LogP contribution in [0.15, 0.2) is 18.2 Å². The molecular weight excluding hydrogens is 294 g/mol. The number of nitrogens with zero attached hydrogens (tertiary/aromatic N) is 2. The van der Waals surface area contributed by atoms with Crippen molar-refractivity contribution in [1.29, 1.82) is 0 Å². The van der Waals surface area contributed by atoms with Gasteiger partial charge in [-0.05, 0) is 24.8 Å². The number of piperidine rings is 1. The molecule has 1 aromatic rings. The van der Waals surface area contributed by atoms with Crippen LogP contribution >= 0.6 is 11.6 Å². The molecule has 0 saturated carbocycles. The highest BCUT2D eigenvalue weighted by molar-refractivity contribution is 6.33. The van der Waals surface area contributed by atoms with Crippen LogP contribution in [0.2, 0.25) is 5.02 Å². The minimum absolute atomic E-state index is 0.0541. The van der Waals surface area contributed by atoms with E-state index >= 15 is 0 Å². The Hall–Kier alpha value is -1.66. The lowest BCUT2D eigenvalue weighted by Gasteiger charge is -2.39. The lowest BCUT2D eigenvalue weighted by molar-refractivity contribution is -0.384. The highest BCUT2D eigenvalue weighted by Crippen LogP contribution is 2.28. The number of nitro groups is 1. The molecule has 2 N–H and O–H groups in total. The molecule has 0 aliphatic carbocycles. The summed E-state index contributed by atoms with van der Waals surface area (Å²) in [6.07, 6.45) is 1.92. The van der Waals surface area contributed by atoms with E-state index in [1.807, 2.05) is 0 Å². The molecule has 0 spiro atoms. The Bertz CT molecular complexity index is 564. The van der Waals surface area contributed by atoms with Crippen molar-refractivity contribution in [3.63, 3.8) is 0 Å². The van der Waals surface area contributed by atoms with Crippen molar-refractivity contribution >= 4 is 23.2 Å². The molecule has 114 valence electrons. The smallest absolute Gasteiger partial charge is 0.270 e. The molecule has 2 unspecified atom stereocenters. The summed E-state index contributed by atoms with van der Waals surface area (Å²) < 4.78 is 0. The van der Waals surface area contributed by atoms with E-state index in [9.17, 15) is 14.9 Å². The van der Waals surface area contributed by atoms with Crippen molar-refractivity contribution in [2.45, 2.75) is 25.8 Å². The van der Waals surface area contributed by atoms with Crippen LogP contribution in [0.25, 0.3) is 0 Å². The highest BCUT2D eigenvalue weighted by Gasteiger charge is 2.32. The van der Waals surface area contributed by atoms with E-state index in [0.717, 1.165) is 12.8 Å². The SMILES string of the molecule is CC1CCCN(C(=O)c2cc([N+](=O)[O-])ccc2Cl)C1CN. The van der Waals surface area contributed by atoms with Gasteiger partial charge in [-0.15, -0.1) is 0 Å². The molecule has 1 heterocycles. The van der Waals surface area contributed by atoms with Crippen LogP contribution < -0.4 is 5.73 Å². The van der Waals surface area contributed by atoms with Crippen molar-refractivity contribution in [3.05, 3.63) is 38.9 Å². The van der Waals surface area contributed by atoms with Crippen LogP contribution in [0.3, 0.4) is 0 Å². The summed E-state index contributed by atoms with van der Waals surface area (Å²) in [7, 11) is 0. The largest absolute Gasteiger partial charge is 0.334 e. The zero-order valence-corrected chi connectivity index (χ0v) is 12.5. The average Bonchev–Trinajstić information content (AvgIpc) is 2.46. The van der Waals surface area contributed by atoms with Crippen LogP contribution in [-0.2, 0) is 0 Å². The normalized spacial score (nSPS) is 22.1. The molecule has 6 nitrogen and oxygen atoms in total. The number of carbonyl (C=O) groups excluding carboxylic acids is 1. The van der Waals surface area contributed by atoms with Gasteiger partial charge in [-0.2, -0.15) is 0 Å². The molecule has 1 aliphatic heterocycles. The van der Waals surface area contributed by atoms with Gasteiger partial charge in [-0.1, -0.05) is 18.5 Å². The van der Waals surface area contributed by atoms with Gasteiger partial charge in [-0.25, -0.2) is 0 Å². The Kier molecular flexibility index (Phi) is 4.80. The number of rotatable bonds is 3. The van der Waals surface area contributed by atoms with Crippen molar-refractivity contribution in [3.8, 4) is 0 Å². The maximum absolute atomic E-state index is 12.7. The van der Waals surface area contributed by atoms with E-state index in [0.29, 0.717) is 19.0 Å². The number of likely N-dealkylation sites (tertiary alicyclic amines) is 1. The number of non-ortho nitro benzene ring substituents is 1. The zero-order valence-electron chi connectivity index (χ0n) is 11.8. The quantitative estimate of drug-likeness (QED) is 0.686. The van der Waals surface area contributed by atoms with Crippen LogP contribution in [-0.4, -0.2) is 34.9 Å². The lowest BCUT2D eigenvalue weighted by Crippen LogP contribution is -2.51. The second-order valence-electron chi connectivity index (χ2n) is 5.34. The fourth-order valence-electron chi connectivity index (χ4n) is 2.81. The monoisotopic (exact) mass is 311 g/mol. The topological polar surface area (TPSA) is 89.5 Å². The van der Waals surface area contributed by atoms with Crippen molar-refractivity contribution in [1.82, 2.24) is 4.90 Å². The van der Waals surface area contributed by atoms with E-state index in [2.05, 4.69) is 6.92 Å². The molecule has 1 saturated heterocycles. The third-order valence-electron chi connectivity index (χ3n) is 4.01.